The van der Waals surface area contributed by atoms with Crippen LogP contribution in [0, 0.1) is 0 Å². The Morgan fingerprint density at radius 3 is 2.67 bits per heavy atom. The molecular formula is C19H17N5. The van der Waals surface area contributed by atoms with Crippen LogP contribution in [-0.2, 0) is 6.42 Å². The van der Waals surface area contributed by atoms with Crippen molar-refractivity contribution in [2.45, 2.75) is 6.42 Å². The Labute approximate surface area is 140 Å². The first-order valence-corrected chi connectivity index (χ1v) is 7.93. The van der Waals surface area contributed by atoms with Crippen LogP contribution in [0.4, 0.5) is 5.82 Å². The predicted molar refractivity (Wildman–Crippen MR) is 94.9 cm³/mol. The van der Waals surface area contributed by atoms with Gasteiger partial charge in [0.2, 0.25) is 0 Å². The van der Waals surface area contributed by atoms with Gasteiger partial charge in [-0.2, -0.15) is 0 Å². The molecule has 0 saturated heterocycles. The first-order valence-electron chi connectivity index (χ1n) is 7.93. The van der Waals surface area contributed by atoms with Crippen LogP contribution >= 0.6 is 0 Å². The average Bonchev–Trinajstić information content (AvgIpc) is 3.07. The topological polar surface area (TPSA) is 55.1 Å². The highest BCUT2D eigenvalue weighted by Crippen LogP contribution is 2.20. The van der Waals surface area contributed by atoms with E-state index < -0.39 is 0 Å². The second-order valence-corrected chi connectivity index (χ2v) is 5.54. The largest absolute Gasteiger partial charge is 0.368 e. The molecule has 4 aromatic rings. The van der Waals surface area contributed by atoms with E-state index in [9.17, 15) is 0 Å². The van der Waals surface area contributed by atoms with Crippen LogP contribution < -0.4 is 5.32 Å². The van der Waals surface area contributed by atoms with Crippen molar-refractivity contribution in [3.05, 3.63) is 78.8 Å². The summed E-state index contributed by atoms with van der Waals surface area (Å²) in [4.78, 5) is 8.56. The highest BCUT2D eigenvalue weighted by atomic mass is 15.3. The van der Waals surface area contributed by atoms with Crippen molar-refractivity contribution in [3.63, 3.8) is 0 Å². The zero-order valence-corrected chi connectivity index (χ0v) is 13.1. The molecule has 0 amide bonds. The van der Waals surface area contributed by atoms with E-state index in [1.54, 1.807) is 6.20 Å². The van der Waals surface area contributed by atoms with Crippen molar-refractivity contribution >= 4 is 11.5 Å². The lowest BCUT2D eigenvalue weighted by molar-refractivity contribution is 0.918. The molecule has 0 bridgehead atoms. The zero-order chi connectivity index (χ0) is 16.2. The van der Waals surface area contributed by atoms with Crippen LogP contribution in [0.15, 0.2) is 73.2 Å². The number of nitrogens with zero attached hydrogens (tertiary/aromatic N) is 4. The fourth-order valence-corrected chi connectivity index (χ4v) is 2.65. The van der Waals surface area contributed by atoms with Gasteiger partial charge in [-0.25, -0.2) is 9.50 Å². The van der Waals surface area contributed by atoms with Crippen molar-refractivity contribution < 1.29 is 0 Å². The van der Waals surface area contributed by atoms with E-state index in [1.165, 1.54) is 5.56 Å². The summed E-state index contributed by atoms with van der Waals surface area (Å²) in [6.45, 7) is 0.805. The van der Waals surface area contributed by atoms with Crippen LogP contribution in [0.1, 0.15) is 5.56 Å². The molecule has 0 saturated carbocycles. The van der Waals surface area contributed by atoms with Gasteiger partial charge in [0, 0.05) is 24.5 Å². The summed E-state index contributed by atoms with van der Waals surface area (Å²) < 4.78 is 1.88. The number of fused-ring (bicyclic) bond motifs is 1. The average molecular weight is 315 g/mol. The van der Waals surface area contributed by atoms with E-state index in [0.29, 0.717) is 0 Å². The zero-order valence-electron chi connectivity index (χ0n) is 13.1. The first kappa shape index (κ1) is 14.4. The molecule has 5 nitrogen and oxygen atoms in total. The third-order valence-corrected chi connectivity index (χ3v) is 3.87. The molecule has 0 aliphatic heterocycles. The van der Waals surface area contributed by atoms with Crippen molar-refractivity contribution in [2.24, 2.45) is 0 Å². The minimum atomic E-state index is 0.805. The van der Waals surface area contributed by atoms with Gasteiger partial charge < -0.3 is 5.32 Å². The second-order valence-electron chi connectivity index (χ2n) is 5.54. The highest BCUT2D eigenvalue weighted by Gasteiger charge is 2.07. The molecule has 0 radical (unpaired) electrons. The number of anilines is 1. The molecular weight excluding hydrogens is 298 g/mol. The molecule has 118 valence electrons. The number of benzene rings is 1. The third kappa shape index (κ3) is 2.96. The van der Waals surface area contributed by atoms with Crippen molar-refractivity contribution in [3.8, 4) is 11.3 Å². The lowest BCUT2D eigenvalue weighted by Crippen LogP contribution is -2.08. The maximum absolute atomic E-state index is 4.67. The van der Waals surface area contributed by atoms with Crippen LogP contribution in [0.2, 0.25) is 0 Å². The molecule has 0 unspecified atom stereocenters. The first-order chi connectivity index (χ1) is 11.9. The van der Waals surface area contributed by atoms with Gasteiger partial charge in [-0.15, -0.1) is 5.10 Å². The smallest absolute Gasteiger partial charge is 0.154 e. The number of pyridine rings is 1. The Morgan fingerprint density at radius 1 is 0.917 bits per heavy atom. The second kappa shape index (κ2) is 6.50. The van der Waals surface area contributed by atoms with Gasteiger partial charge in [0.25, 0.3) is 0 Å². The summed E-state index contributed by atoms with van der Waals surface area (Å²) in [5, 5.41) is 8.04. The van der Waals surface area contributed by atoms with Crippen molar-refractivity contribution in [1.82, 2.24) is 19.6 Å². The van der Waals surface area contributed by atoms with Crippen molar-refractivity contribution in [1.29, 1.82) is 0 Å². The maximum Gasteiger partial charge on any atom is 0.154 e. The number of rotatable bonds is 5. The maximum atomic E-state index is 4.67. The lowest BCUT2D eigenvalue weighted by atomic mass is 10.2. The summed E-state index contributed by atoms with van der Waals surface area (Å²) in [5.41, 5.74) is 4.14. The Bertz CT molecular complexity index is 932. The molecule has 0 fully saturated rings. The number of aromatic nitrogens is 4. The number of hydrogen-bond acceptors (Lipinski definition) is 4. The minimum absolute atomic E-state index is 0.805. The summed E-state index contributed by atoms with van der Waals surface area (Å²) in [5.74, 6) is 0.835. The van der Waals surface area contributed by atoms with Crippen LogP contribution in [0.3, 0.4) is 0 Å². The Morgan fingerprint density at radius 2 is 1.83 bits per heavy atom. The van der Waals surface area contributed by atoms with E-state index in [1.807, 2.05) is 53.3 Å². The van der Waals surface area contributed by atoms with Gasteiger partial charge in [0.15, 0.2) is 5.65 Å². The minimum Gasteiger partial charge on any atom is -0.368 e. The molecule has 5 heteroatoms. The normalized spacial score (nSPS) is 10.8. The SMILES string of the molecule is c1ccc(-c2cnc3ccc(NCCc4cccnc4)nn23)cc1. The van der Waals surface area contributed by atoms with Gasteiger partial charge in [-0.3, -0.25) is 4.98 Å². The van der Waals surface area contributed by atoms with E-state index in [-0.39, 0.29) is 0 Å². The summed E-state index contributed by atoms with van der Waals surface area (Å²) in [6, 6.07) is 18.1. The third-order valence-electron chi connectivity index (χ3n) is 3.87. The molecule has 0 atom stereocenters. The van der Waals surface area contributed by atoms with Gasteiger partial charge >= 0.3 is 0 Å². The fraction of sp³-hybridized carbons (Fsp3) is 0.105. The standard InChI is InChI=1S/C19H17N5/c1-2-6-16(7-3-1)17-14-22-19-9-8-18(23-24(17)19)21-12-10-15-5-4-11-20-13-15/h1-9,11,13-14H,10,12H2,(H,21,23). The molecule has 1 aromatic carbocycles. The number of imidazole rings is 1. The van der Waals surface area contributed by atoms with E-state index in [0.717, 1.165) is 35.7 Å². The summed E-state index contributed by atoms with van der Waals surface area (Å²) in [6.07, 6.45) is 6.44. The molecule has 0 spiro atoms. The van der Waals surface area contributed by atoms with Gasteiger partial charge in [0.1, 0.15) is 5.82 Å². The van der Waals surface area contributed by atoms with E-state index in [4.69, 9.17) is 0 Å². The molecule has 4 rings (SSSR count). The molecule has 0 aliphatic rings. The van der Waals surface area contributed by atoms with E-state index in [2.05, 4.69) is 38.6 Å². The molecule has 3 aromatic heterocycles. The highest BCUT2D eigenvalue weighted by molar-refractivity contribution is 5.63. The fourth-order valence-electron chi connectivity index (χ4n) is 2.65. The van der Waals surface area contributed by atoms with Crippen LogP contribution in [0.5, 0.6) is 0 Å². The lowest BCUT2D eigenvalue weighted by Gasteiger charge is -2.07. The Kier molecular flexibility index (Phi) is 3.90. The number of nitrogens with one attached hydrogen (secondary N) is 1. The van der Waals surface area contributed by atoms with Crippen molar-refractivity contribution in [2.75, 3.05) is 11.9 Å². The summed E-state index contributed by atoms with van der Waals surface area (Å²) >= 11 is 0. The van der Waals surface area contributed by atoms with Gasteiger partial charge in [0.05, 0.1) is 11.9 Å². The monoisotopic (exact) mass is 315 g/mol. The van der Waals surface area contributed by atoms with Crippen LogP contribution in [-0.4, -0.2) is 26.1 Å². The number of hydrogen-bond donors (Lipinski definition) is 1. The quantitative estimate of drug-likeness (QED) is 0.613. The van der Waals surface area contributed by atoms with Gasteiger partial charge in [-0.1, -0.05) is 36.4 Å². The Balaban J connectivity index is 1.54. The van der Waals surface area contributed by atoms with E-state index >= 15 is 0 Å². The molecule has 1 N–H and O–H groups in total. The van der Waals surface area contributed by atoms with Crippen LogP contribution in [0.25, 0.3) is 16.9 Å². The summed E-state index contributed by atoms with van der Waals surface area (Å²) in [7, 11) is 0. The molecule has 24 heavy (non-hydrogen) atoms. The molecule has 3 heterocycles. The predicted octanol–water partition coefficient (Wildman–Crippen LogP) is 3.45. The van der Waals surface area contributed by atoms with Gasteiger partial charge in [-0.05, 0) is 30.2 Å². The Hall–Kier alpha value is -3.21. The molecule has 0 aliphatic carbocycles.